The Morgan fingerprint density at radius 2 is 1.75 bits per heavy atom. The summed E-state index contributed by atoms with van der Waals surface area (Å²) in [6, 6.07) is 19.2. The van der Waals surface area contributed by atoms with E-state index in [2.05, 4.69) is 6.07 Å². The molecule has 0 spiro atoms. The maximum Gasteiger partial charge on any atom is 0.195 e. The number of nitrogens with zero attached hydrogens (tertiary/aromatic N) is 1. The first-order valence-electron chi connectivity index (χ1n) is 7.73. The molecule has 4 aromatic rings. The highest BCUT2D eigenvalue weighted by atomic mass is 19.1. The predicted octanol–water partition coefficient (Wildman–Crippen LogP) is 5.07. The lowest BCUT2D eigenvalue weighted by Gasteiger charge is -2.08. The smallest absolute Gasteiger partial charge is 0.195 e. The van der Waals surface area contributed by atoms with Gasteiger partial charge >= 0.3 is 0 Å². The molecule has 1 heterocycles. The zero-order chi connectivity index (χ0) is 16.7. The van der Waals surface area contributed by atoms with Crippen molar-refractivity contribution in [2.45, 2.75) is 6.92 Å². The molecule has 0 atom stereocenters. The van der Waals surface area contributed by atoms with E-state index in [1.165, 1.54) is 12.1 Å². The molecule has 3 aromatic carbocycles. The number of rotatable bonds is 2. The van der Waals surface area contributed by atoms with Crippen molar-refractivity contribution in [2.75, 3.05) is 0 Å². The van der Waals surface area contributed by atoms with Crippen molar-refractivity contribution in [2.24, 2.45) is 0 Å². The third-order valence-electron chi connectivity index (χ3n) is 4.23. The zero-order valence-corrected chi connectivity index (χ0v) is 13.1. The highest BCUT2D eigenvalue weighted by Gasteiger charge is 2.15. The molecule has 0 aliphatic rings. The minimum absolute atomic E-state index is 0.223. The van der Waals surface area contributed by atoms with Crippen LogP contribution in [0.25, 0.3) is 21.8 Å². The monoisotopic (exact) mass is 315 g/mol. The molecule has 0 bridgehead atoms. The number of carbonyl (C=O) groups excluding carboxylic acids is 1. The second-order valence-corrected chi connectivity index (χ2v) is 5.85. The van der Waals surface area contributed by atoms with Gasteiger partial charge in [-0.2, -0.15) is 0 Å². The van der Waals surface area contributed by atoms with Crippen LogP contribution in [0.3, 0.4) is 0 Å². The fraction of sp³-hybridized carbons (Fsp3) is 0.0476. The summed E-state index contributed by atoms with van der Waals surface area (Å²) >= 11 is 0. The van der Waals surface area contributed by atoms with Gasteiger partial charge in [0.25, 0.3) is 0 Å². The summed E-state index contributed by atoms with van der Waals surface area (Å²) in [7, 11) is 0. The summed E-state index contributed by atoms with van der Waals surface area (Å²) in [5.74, 6) is -0.644. The van der Waals surface area contributed by atoms with E-state index in [1.807, 2.05) is 37.3 Å². The minimum Gasteiger partial charge on any atom is -0.289 e. The van der Waals surface area contributed by atoms with Crippen molar-refractivity contribution < 1.29 is 9.18 Å². The number of para-hydroxylation sites is 1. The van der Waals surface area contributed by atoms with E-state index in [1.54, 1.807) is 18.2 Å². The Bertz CT molecular complexity index is 1100. The van der Waals surface area contributed by atoms with Crippen molar-refractivity contribution in [1.29, 1.82) is 0 Å². The third-order valence-corrected chi connectivity index (χ3v) is 4.23. The SMILES string of the molecule is Cc1cccc2nc3c(C(=O)c4cccc(F)c4)cccc3cc12. The number of aromatic nitrogens is 1. The minimum atomic E-state index is -0.421. The first kappa shape index (κ1) is 14.5. The van der Waals surface area contributed by atoms with E-state index in [9.17, 15) is 9.18 Å². The second-order valence-electron chi connectivity index (χ2n) is 5.85. The summed E-state index contributed by atoms with van der Waals surface area (Å²) in [5, 5.41) is 1.97. The molecular formula is C21H14FNO. The van der Waals surface area contributed by atoms with Crippen LogP contribution in [-0.4, -0.2) is 10.8 Å². The lowest BCUT2D eigenvalue weighted by Crippen LogP contribution is -2.03. The van der Waals surface area contributed by atoms with Crippen LogP contribution in [0.15, 0.2) is 66.7 Å². The summed E-state index contributed by atoms with van der Waals surface area (Å²) in [6.45, 7) is 2.04. The molecule has 0 amide bonds. The van der Waals surface area contributed by atoms with E-state index in [0.717, 1.165) is 21.9 Å². The van der Waals surface area contributed by atoms with E-state index >= 15 is 0 Å². The molecule has 0 aliphatic carbocycles. The van der Waals surface area contributed by atoms with Crippen LogP contribution in [0.5, 0.6) is 0 Å². The largest absolute Gasteiger partial charge is 0.289 e. The number of aryl methyl sites for hydroxylation is 1. The molecule has 0 radical (unpaired) electrons. The van der Waals surface area contributed by atoms with E-state index in [-0.39, 0.29) is 5.78 Å². The maximum absolute atomic E-state index is 13.4. The Morgan fingerprint density at radius 3 is 2.58 bits per heavy atom. The predicted molar refractivity (Wildman–Crippen MR) is 93.8 cm³/mol. The fourth-order valence-corrected chi connectivity index (χ4v) is 3.00. The van der Waals surface area contributed by atoms with E-state index in [0.29, 0.717) is 16.6 Å². The number of carbonyl (C=O) groups is 1. The fourth-order valence-electron chi connectivity index (χ4n) is 3.00. The topological polar surface area (TPSA) is 30.0 Å². The molecular weight excluding hydrogens is 301 g/mol. The number of hydrogen-bond donors (Lipinski definition) is 0. The average Bonchev–Trinajstić information content (AvgIpc) is 2.59. The molecule has 0 saturated heterocycles. The molecule has 24 heavy (non-hydrogen) atoms. The van der Waals surface area contributed by atoms with Crippen LogP contribution < -0.4 is 0 Å². The third kappa shape index (κ3) is 2.35. The van der Waals surface area contributed by atoms with Crippen molar-refractivity contribution in [3.05, 3.63) is 89.2 Å². The van der Waals surface area contributed by atoms with Gasteiger partial charge in [0.05, 0.1) is 11.0 Å². The molecule has 4 rings (SSSR count). The summed E-state index contributed by atoms with van der Waals surface area (Å²) in [5.41, 5.74) is 3.45. The van der Waals surface area contributed by atoms with Crippen molar-refractivity contribution in [1.82, 2.24) is 4.98 Å². The van der Waals surface area contributed by atoms with Crippen LogP contribution in [-0.2, 0) is 0 Å². The van der Waals surface area contributed by atoms with Gasteiger partial charge in [0.1, 0.15) is 5.82 Å². The Kier molecular flexibility index (Phi) is 3.35. The molecule has 0 N–H and O–H groups in total. The van der Waals surface area contributed by atoms with Crippen LogP contribution in [0.4, 0.5) is 4.39 Å². The average molecular weight is 315 g/mol. The number of benzene rings is 3. The summed E-state index contributed by atoms with van der Waals surface area (Å²) < 4.78 is 13.4. The van der Waals surface area contributed by atoms with Crippen LogP contribution in [0.2, 0.25) is 0 Å². The normalized spacial score (nSPS) is 11.1. The Morgan fingerprint density at radius 1 is 0.958 bits per heavy atom. The number of hydrogen-bond acceptors (Lipinski definition) is 2. The van der Waals surface area contributed by atoms with Gasteiger partial charge < -0.3 is 0 Å². The van der Waals surface area contributed by atoms with Gasteiger partial charge in [-0.15, -0.1) is 0 Å². The van der Waals surface area contributed by atoms with Gasteiger partial charge in [-0.25, -0.2) is 9.37 Å². The first-order chi connectivity index (χ1) is 11.6. The van der Waals surface area contributed by atoms with Gasteiger partial charge in [-0.1, -0.05) is 36.4 Å². The quantitative estimate of drug-likeness (QED) is 0.382. The summed E-state index contributed by atoms with van der Waals surface area (Å²) in [6.07, 6.45) is 0. The number of pyridine rings is 1. The number of halogens is 1. The molecule has 2 nitrogen and oxygen atoms in total. The molecule has 116 valence electrons. The van der Waals surface area contributed by atoms with Crippen LogP contribution >= 0.6 is 0 Å². The Labute approximate surface area is 138 Å². The highest BCUT2D eigenvalue weighted by molar-refractivity contribution is 6.16. The molecule has 0 aliphatic heterocycles. The Balaban J connectivity index is 1.97. The van der Waals surface area contributed by atoms with Crippen molar-refractivity contribution in [3.8, 4) is 0 Å². The van der Waals surface area contributed by atoms with Crippen molar-refractivity contribution >= 4 is 27.6 Å². The second kappa shape index (κ2) is 5.53. The zero-order valence-electron chi connectivity index (χ0n) is 13.1. The van der Waals surface area contributed by atoms with E-state index < -0.39 is 5.82 Å². The van der Waals surface area contributed by atoms with Crippen molar-refractivity contribution in [3.63, 3.8) is 0 Å². The Hall–Kier alpha value is -3.07. The van der Waals surface area contributed by atoms with Crippen LogP contribution in [0.1, 0.15) is 21.5 Å². The number of fused-ring (bicyclic) bond motifs is 2. The summed E-state index contributed by atoms with van der Waals surface area (Å²) in [4.78, 5) is 17.5. The number of ketones is 1. The lowest BCUT2D eigenvalue weighted by molar-refractivity contribution is 0.103. The first-order valence-corrected chi connectivity index (χ1v) is 7.73. The van der Waals surface area contributed by atoms with Gasteiger partial charge in [0.2, 0.25) is 0 Å². The van der Waals surface area contributed by atoms with Gasteiger partial charge in [0.15, 0.2) is 5.78 Å². The maximum atomic E-state index is 13.4. The lowest BCUT2D eigenvalue weighted by atomic mass is 9.99. The molecule has 0 unspecified atom stereocenters. The molecule has 0 fully saturated rings. The van der Waals surface area contributed by atoms with E-state index in [4.69, 9.17) is 4.98 Å². The van der Waals surface area contributed by atoms with Crippen LogP contribution in [0, 0.1) is 12.7 Å². The molecule has 3 heteroatoms. The standard InChI is InChI=1S/C21H14FNO/c1-13-5-2-10-19-18(13)12-14-6-4-9-17(20(14)23-19)21(24)15-7-3-8-16(22)11-15/h2-12H,1H3. The highest BCUT2D eigenvalue weighted by Crippen LogP contribution is 2.26. The van der Waals surface area contributed by atoms with Gasteiger partial charge in [-0.3, -0.25) is 4.79 Å². The van der Waals surface area contributed by atoms with Gasteiger partial charge in [-0.05, 0) is 42.8 Å². The molecule has 1 aromatic heterocycles. The van der Waals surface area contributed by atoms with Gasteiger partial charge in [0, 0.05) is 21.9 Å². The molecule has 0 saturated carbocycles.